The summed E-state index contributed by atoms with van der Waals surface area (Å²) >= 11 is 0. The molecule has 28 heavy (non-hydrogen) atoms. The van der Waals surface area contributed by atoms with Crippen LogP contribution in [0.15, 0.2) is 71.5 Å². The van der Waals surface area contributed by atoms with E-state index in [1.54, 1.807) is 19.4 Å². The van der Waals surface area contributed by atoms with Crippen LogP contribution >= 0.6 is 0 Å². The quantitative estimate of drug-likeness (QED) is 0.459. The molecule has 1 heterocycles. The number of methoxy groups -OCH3 is 1. The number of amides is 1. The van der Waals surface area contributed by atoms with E-state index in [2.05, 4.69) is 34.1 Å². The van der Waals surface area contributed by atoms with E-state index >= 15 is 0 Å². The van der Waals surface area contributed by atoms with E-state index in [1.807, 2.05) is 25.1 Å². The molecule has 0 atom stereocenters. The minimum atomic E-state index is -1.06. The second kappa shape index (κ2) is 9.86. The number of hydrogen-bond donors (Lipinski definition) is 4. The van der Waals surface area contributed by atoms with Crippen molar-refractivity contribution in [3.05, 3.63) is 67.1 Å². The van der Waals surface area contributed by atoms with E-state index in [-0.39, 0.29) is 6.54 Å². The van der Waals surface area contributed by atoms with Crippen molar-refractivity contribution >= 4 is 11.8 Å². The Morgan fingerprint density at radius 2 is 2.18 bits per heavy atom. The van der Waals surface area contributed by atoms with E-state index < -0.39 is 6.09 Å². The number of carboxylic acid groups (broad SMARTS) is 1. The summed E-state index contributed by atoms with van der Waals surface area (Å²) in [6.45, 7) is 10.0. The Balaban J connectivity index is 2.00. The first kappa shape index (κ1) is 20.6. The fourth-order valence-corrected chi connectivity index (χ4v) is 2.47. The number of rotatable bonds is 10. The normalized spacial score (nSPS) is 10.9. The second-order valence-electron chi connectivity index (χ2n) is 5.85. The molecule has 0 aliphatic carbocycles. The number of oxazole rings is 1. The summed E-state index contributed by atoms with van der Waals surface area (Å²) in [5.74, 6) is 1.75. The number of hydrogen-bond acceptors (Lipinski definition) is 6. The molecule has 0 saturated heterocycles. The maximum atomic E-state index is 10.6. The molecule has 4 N–H and O–H groups in total. The SMILES string of the molecule is C=C(/C=C(\CC)CNC(=O)O)NC(=C)Nc1ccc(-c2cnco2)c(OC)c1. The lowest BCUT2D eigenvalue weighted by Gasteiger charge is -2.15. The molecule has 0 saturated carbocycles. The van der Waals surface area contributed by atoms with Crippen molar-refractivity contribution in [2.75, 3.05) is 19.0 Å². The molecule has 0 unspecified atom stereocenters. The second-order valence-corrected chi connectivity index (χ2v) is 5.85. The van der Waals surface area contributed by atoms with Crippen molar-refractivity contribution in [3.8, 4) is 17.1 Å². The van der Waals surface area contributed by atoms with E-state index in [4.69, 9.17) is 14.3 Å². The van der Waals surface area contributed by atoms with Gasteiger partial charge in [0.15, 0.2) is 12.2 Å². The molecule has 8 nitrogen and oxygen atoms in total. The molecule has 1 aromatic carbocycles. The van der Waals surface area contributed by atoms with Crippen LogP contribution in [-0.4, -0.2) is 29.8 Å². The predicted molar refractivity (Wildman–Crippen MR) is 108 cm³/mol. The largest absolute Gasteiger partial charge is 0.496 e. The van der Waals surface area contributed by atoms with Gasteiger partial charge in [0.05, 0.1) is 18.9 Å². The Morgan fingerprint density at radius 1 is 1.39 bits per heavy atom. The van der Waals surface area contributed by atoms with Gasteiger partial charge in [0.25, 0.3) is 0 Å². The first-order valence-electron chi connectivity index (χ1n) is 8.58. The zero-order chi connectivity index (χ0) is 20.5. The summed E-state index contributed by atoms with van der Waals surface area (Å²) in [4.78, 5) is 14.5. The number of anilines is 1. The van der Waals surface area contributed by atoms with Gasteiger partial charge in [0, 0.05) is 24.0 Å². The maximum Gasteiger partial charge on any atom is 0.404 e. The van der Waals surface area contributed by atoms with Crippen molar-refractivity contribution in [3.63, 3.8) is 0 Å². The zero-order valence-corrected chi connectivity index (χ0v) is 15.9. The highest BCUT2D eigenvalue weighted by Crippen LogP contribution is 2.32. The number of aromatic nitrogens is 1. The first-order chi connectivity index (χ1) is 13.4. The maximum absolute atomic E-state index is 10.6. The Kier molecular flexibility index (Phi) is 7.27. The smallest absolute Gasteiger partial charge is 0.404 e. The summed E-state index contributed by atoms with van der Waals surface area (Å²) in [5, 5.41) is 17.2. The van der Waals surface area contributed by atoms with Crippen LogP contribution in [0, 0.1) is 0 Å². The lowest BCUT2D eigenvalue weighted by molar-refractivity contribution is 0.195. The highest BCUT2D eigenvalue weighted by atomic mass is 16.5. The highest BCUT2D eigenvalue weighted by Gasteiger charge is 2.10. The van der Waals surface area contributed by atoms with Gasteiger partial charge in [-0.25, -0.2) is 9.78 Å². The van der Waals surface area contributed by atoms with Gasteiger partial charge in [-0.1, -0.05) is 20.1 Å². The summed E-state index contributed by atoms with van der Waals surface area (Å²) in [7, 11) is 1.58. The van der Waals surface area contributed by atoms with Crippen molar-refractivity contribution < 1.29 is 19.1 Å². The molecule has 0 bridgehead atoms. The number of nitrogens with zero attached hydrogens (tertiary/aromatic N) is 1. The average Bonchev–Trinajstić information content (AvgIpc) is 3.19. The lowest BCUT2D eigenvalue weighted by Crippen LogP contribution is -2.23. The number of benzene rings is 1. The molecule has 0 spiro atoms. The van der Waals surface area contributed by atoms with Crippen LogP contribution in [0.5, 0.6) is 5.75 Å². The van der Waals surface area contributed by atoms with Crippen molar-refractivity contribution in [2.24, 2.45) is 0 Å². The fraction of sp³-hybridized carbons (Fsp3) is 0.200. The molecule has 1 aromatic heterocycles. The summed E-state index contributed by atoms with van der Waals surface area (Å²) in [5.41, 5.74) is 3.03. The van der Waals surface area contributed by atoms with Crippen LogP contribution in [0.4, 0.5) is 10.5 Å². The van der Waals surface area contributed by atoms with Gasteiger partial charge in [-0.15, -0.1) is 0 Å². The standard InChI is InChI=1S/C20H24N4O4/c1-5-15(10-22-20(25)26)8-13(2)23-14(3)24-16-6-7-17(18(9-16)27-4)19-11-21-12-28-19/h6-9,11-12,22-24H,2-3,5,10H2,1,4H3,(H,25,26)/b15-8+. The third kappa shape index (κ3) is 5.94. The van der Waals surface area contributed by atoms with Crippen LogP contribution in [-0.2, 0) is 0 Å². The lowest BCUT2D eigenvalue weighted by atomic mass is 10.1. The predicted octanol–water partition coefficient (Wildman–Crippen LogP) is 3.94. The van der Waals surface area contributed by atoms with Crippen LogP contribution in [0.1, 0.15) is 13.3 Å². The fourth-order valence-electron chi connectivity index (χ4n) is 2.47. The van der Waals surface area contributed by atoms with Gasteiger partial charge < -0.3 is 30.2 Å². The average molecular weight is 384 g/mol. The van der Waals surface area contributed by atoms with Crippen LogP contribution in [0.2, 0.25) is 0 Å². The van der Waals surface area contributed by atoms with Gasteiger partial charge in [0.2, 0.25) is 0 Å². The first-order valence-corrected chi connectivity index (χ1v) is 8.58. The number of nitrogens with one attached hydrogen (secondary N) is 3. The molecule has 148 valence electrons. The van der Waals surface area contributed by atoms with Gasteiger partial charge >= 0.3 is 6.09 Å². The van der Waals surface area contributed by atoms with Gasteiger partial charge in [-0.2, -0.15) is 0 Å². The minimum absolute atomic E-state index is 0.243. The highest BCUT2D eigenvalue weighted by molar-refractivity contribution is 5.70. The van der Waals surface area contributed by atoms with Gasteiger partial charge in [-0.3, -0.25) is 0 Å². The molecule has 0 aliphatic rings. The third-order valence-electron chi connectivity index (χ3n) is 3.81. The van der Waals surface area contributed by atoms with Crippen LogP contribution in [0.25, 0.3) is 11.3 Å². The molecule has 0 fully saturated rings. The summed E-state index contributed by atoms with van der Waals surface area (Å²) in [6.07, 6.45) is 4.40. The van der Waals surface area contributed by atoms with Crippen LogP contribution < -0.4 is 20.7 Å². The molecule has 1 amide bonds. The topological polar surface area (TPSA) is 109 Å². The molecule has 0 aliphatic heterocycles. The van der Waals surface area contributed by atoms with Crippen LogP contribution in [0.3, 0.4) is 0 Å². The Hall–Kier alpha value is -3.68. The van der Waals surface area contributed by atoms with E-state index in [0.29, 0.717) is 29.4 Å². The molecular weight excluding hydrogens is 360 g/mol. The summed E-state index contributed by atoms with van der Waals surface area (Å²) < 4.78 is 10.7. The van der Waals surface area contributed by atoms with Gasteiger partial charge in [0.1, 0.15) is 11.6 Å². The Bertz CT molecular complexity index is 872. The van der Waals surface area contributed by atoms with E-state index in [1.165, 1.54) is 6.39 Å². The molecule has 8 heteroatoms. The minimum Gasteiger partial charge on any atom is -0.496 e. The summed E-state index contributed by atoms with van der Waals surface area (Å²) in [6, 6.07) is 5.54. The number of allylic oxidation sites excluding steroid dienone is 1. The Labute approximate surface area is 163 Å². The molecule has 2 aromatic rings. The van der Waals surface area contributed by atoms with Crippen molar-refractivity contribution in [1.82, 2.24) is 15.6 Å². The monoisotopic (exact) mass is 384 g/mol. The molecule has 0 radical (unpaired) electrons. The van der Waals surface area contributed by atoms with Gasteiger partial charge in [-0.05, 0) is 30.2 Å². The number of ether oxygens (including phenoxy) is 1. The molecule has 2 rings (SSSR count). The molecular formula is C20H24N4O4. The number of carbonyl (C=O) groups is 1. The zero-order valence-electron chi connectivity index (χ0n) is 15.9. The Morgan fingerprint density at radius 3 is 2.79 bits per heavy atom. The van der Waals surface area contributed by atoms with E-state index in [9.17, 15) is 4.79 Å². The van der Waals surface area contributed by atoms with Crippen molar-refractivity contribution in [2.45, 2.75) is 13.3 Å². The third-order valence-corrected chi connectivity index (χ3v) is 3.81. The van der Waals surface area contributed by atoms with E-state index in [0.717, 1.165) is 16.8 Å². The van der Waals surface area contributed by atoms with Crippen molar-refractivity contribution in [1.29, 1.82) is 0 Å².